The zero-order valence-electron chi connectivity index (χ0n) is 20.0. The van der Waals surface area contributed by atoms with Crippen LogP contribution in [0, 0.1) is 17.2 Å². The van der Waals surface area contributed by atoms with E-state index in [1.165, 1.54) is 5.56 Å². The first-order chi connectivity index (χ1) is 17.0. The second kappa shape index (κ2) is 8.42. The van der Waals surface area contributed by atoms with Crippen molar-refractivity contribution in [3.8, 4) is 34.4 Å². The van der Waals surface area contributed by atoms with Gasteiger partial charge in [-0.05, 0) is 61.6 Å². The molecule has 4 heterocycles. The van der Waals surface area contributed by atoms with Gasteiger partial charge in [0.2, 0.25) is 0 Å². The summed E-state index contributed by atoms with van der Waals surface area (Å²) in [6.45, 7) is 3.12. The molecule has 176 valence electrons. The number of hydrogen-bond acceptors (Lipinski definition) is 5. The Morgan fingerprint density at radius 2 is 1.91 bits per heavy atom. The highest BCUT2D eigenvalue weighted by Crippen LogP contribution is 2.36. The fourth-order valence-corrected chi connectivity index (χ4v) is 5.44. The lowest BCUT2D eigenvalue weighted by molar-refractivity contribution is 0.130. The van der Waals surface area contributed by atoms with Crippen LogP contribution in [0.4, 0.5) is 5.69 Å². The molecule has 2 aliphatic heterocycles. The number of nitriles is 1. The molecule has 1 N–H and O–H groups in total. The van der Waals surface area contributed by atoms with E-state index >= 15 is 0 Å². The molecule has 2 atom stereocenters. The van der Waals surface area contributed by atoms with Crippen molar-refractivity contribution in [3.05, 3.63) is 78.2 Å². The Morgan fingerprint density at radius 3 is 2.69 bits per heavy atom. The highest BCUT2D eigenvalue weighted by Gasteiger charge is 2.32. The maximum atomic E-state index is 10.6. The van der Waals surface area contributed by atoms with E-state index in [9.17, 15) is 5.11 Å². The molecule has 1 fully saturated rings. The van der Waals surface area contributed by atoms with E-state index in [2.05, 4.69) is 74.5 Å². The van der Waals surface area contributed by atoms with Crippen molar-refractivity contribution in [2.75, 3.05) is 38.6 Å². The molecule has 0 amide bonds. The van der Waals surface area contributed by atoms with Gasteiger partial charge >= 0.3 is 0 Å². The first-order valence-corrected chi connectivity index (χ1v) is 12.0. The van der Waals surface area contributed by atoms with Crippen LogP contribution in [0.25, 0.3) is 28.3 Å². The van der Waals surface area contributed by atoms with E-state index in [4.69, 9.17) is 5.26 Å². The molecule has 2 aromatic carbocycles. The molecule has 0 radical (unpaired) electrons. The number of aliphatic hydroxyl groups excluding tert-OH is 1. The molecule has 1 saturated heterocycles. The molecular weight excluding hydrogens is 436 g/mol. The van der Waals surface area contributed by atoms with Gasteiger partial charge in [-0.3, -0.25) is 4.57 Å². The Bertz CT molecular complexity index is 1420. The molecule has 2 aliphatic rings. The maximum absolute atomic E-state index is 10.6. The summed E-state index contributed by atoms with van der Waals surface area (Å²) in [5, 5.41) is 19.8. The Balaban J connectivity index is 1.36. The fraction of sp³-hybridized carbons (Fsp3) is 0.286. The summed E-state index contributed by atoms with van der Waals surface area (Å²) in [5.41, 5.74) is 7.40. The van der Waals surface area contributed by atoms with Crippen LogP contribution in [-0.4, -0.2) is 64.0 Å². The van der Waals surface area contributed by atoms with Crippen LogP contribution in [-0.2, 0) is 6.54 Å². The zero-order valence-corrected chi connectivity index (χ0v) is 20.0. The topological polar surface area (TPSA) is 73.2 Å². The minimum Gasteiger partial charge on any atom is -0.391 e. The van der Waals surface area contributed by atoms with Crippen LogP contribution >= 0.6 is 0 Å². The number of rotatable bonds is 4. The molecule has 0 saturated carbocycles. The van der Waals surface area contributed by atoms with Gasteiger partial charge in [-0.25, -0.2) is 4.98 Å². The summed E-state index contributed by atoms with van der Waals surface area (Å²) >= 11 is 0. The van der Waals surface area contributed by atoms with Crippen molar-refractivity contribution >= 4 is 5.69 Å². The van der Waals surface area contributed by atoms with E-state index in [-0.39, 0.29) is 12.0 Å². The molecule has 7 heteroatoms. The van der Waals surface area contributed by atoms with Gasteiger partial charge in [0.15, 0.2) is 5.82 Å². The van der Waals surface area contributed by atoms with Gasteiger partial charge in [-0.1, -0.05) is 12.1 Å². The van der Waals surface area contributed by atoms with Crippen molar-refractivity contribution < 1.29 is 5.11 Å². The molecule has 7 nitrogen and oxygen atoms in total. The van der Waals surface area contributed by atoms with Crippen LogP contribution in [0.15, 0.2) is 67.1 Å². The normalized spacial score (nSPS) is 18.7. The fourth-order valence-electron chi connectivity index (χ4n) is 5.44. The van der Waals surface area contributed by atoms with Gasteiger partial charge in [0.25, 0.3) is 0 Å². The average Bonchev–Trinajstić information content (AvgIpc) is 3.56. The number of nitrogens with zero attached hydrogens (tertiary/aromatic N) is 6. The smallest absolute Gasteiger partial charge is 0.161 e. The van der Waals surface area contributed by atoms with Gasteiger partial charge in [-0.2, -0.15) is 5.26 Å². The minimum atomic E-state index is -0.317. The summed E-state index contributed by atoms with van der Waals surface area (Å²) in [5.74, 6) is 1.16. The van der Waals surface area contributed by atoms with Gasteiger partial charge in [0.1, 0.15) is 0 Å². The lowest BCUT2D eigenvalue weighted by Crippen LogP contribution is -2.29. The van der Waals surface area contributed by atoms with Crippen LogP contribution in [0.2, 0.25) is 0 Å². The molecule has 0 spiro atoms. The lowest BCUT2D eigenvalue weighted by atomic mass is 10.1. The molecular formula is C28H28N6O. The second-order valence-corrected chi connectivity index (χ2v) is 9.86. The largest absolute Gasteiger partial charge is 0.391 e. The first-order valence-electron chi connectivity index (χ1n) is 12.0. The van der Waals surface area contributed by atoms with Crippen molar-refractivity contribution in [1.82, 2.24) is 19.0 Å². The van der Waals surface area contributed by atoms with E-state index in [1.807, 2.05) is 36.7 Å². The average molecular weight is 465 g/mol. The van der Waals surface area contributed by atoms with Gasteiger partial charge in [0, 0.05) is 61.9 Å². The monoisotopic (exact) mass is 464 g/mol. The zero-order chi connectivity index (χ0) is 24.1. The highest BCUT2D eigenvalue weighted by molar-refractivity contribution is 5.72. The first kappa shape index (κ1) is 21.7. The molecule has 4 aromatic rings. The Labute approximate surface area is 205 Å². The Hall–Kier alpha value is -3.86. The van der Waals surface area contributed by atoms with E-state index in [1.54, 1.807) is 0 Å². The standard InChI is InChI=1S/C28H28N6O/c1-31(2)14-23-17-32(18-27(23)35)24-7-8-25-22(11-24)16-33-15-21(20-5-3-19(13-29)4-6-20)12-26(33)28-30-9-10-34(25)28/h3-12,15,23,27,35H,14,16-18H2,1-2H3/t23-,27-/m1/s1. The molecule has 0 unspecified atom stereocenters. The molecule has 0 aliphatic carbocycles. The predicted octanol–water partition coefficient (Wildman–Crippen LogP) is 3.60. The number of β-amino-alcohol motifs (C(OH)–C–C–N with tert-alkyl or cyclic N) is 1. The Kier molecular flexibility index (Phi) is 5.21. The molecule has 35 heavy (non-hydrogen) atoms. The van der Waals surface area contributed by atoms with E-state index in [0.29, 0.717) is 12.1 Å². The second-order valence-electron chi connectivity index (χ2n) is 9.86. The number of hydrogen-bond donors (Lipinski definition) is 1. The van der Waals surface area contributed by atoms with Crippen molar-refractivity contribution in [2.45, 2.75) is 12.6 Å². The number of aliphatic hydroxyl groups is 1. The third-order valence-corrected chi connectivity index (χ3v) is 7.15. The van der Waals surface area contributed by atoms with Crippen LogP contribution < -0.4 is 4.90 Å². The summed E-state index contributed by atoms with van der Waals surface area (Å²) in [4.78, 5) is 9.14. The number of imidazole rings is 1. The summed E-state index contributed by atoms with van der Waals surface area (Å²) in [6, 6.07) is 18.7. The quantitative estimate of drug-likeness (QED) is 0.440. The number of anilines is 1. The van der Waals surface area contributed by atoms with Gasteiger partial charge in [0.05, 0.1) is 29.1 Å². The van der Waals surface area contributed by atoms with Crippen LogP contribution in [0.1, 0.15) is 11.1 Å². The SMILES string of the molecule is CN(C)C[C@@H]1CN(c2ccc3c(c2)Cn2cc(-c4ccc(C#N)cc4)cc2-c2nccn2-3)C[C@H]1O. The summed E-state index contributed by atoms with van der Waals surface area (Å²) in [6.07, 6.45) is 5.72. The highest BCUT2D eigenvalue weighted by atomic mass is 16.3. The van der Waals surface area contributed by atoms with Crippen LogP contribution in [0.3, 0.4) is 0 Å². The van der Waals surface area contributed by atoms with Gasteiger partial charge < -0.3 is 19.5 Å². The summed E-state index contributed by atoms with van der Waals surface area (Å²) < 4.78 is 4.42. The number of aromatic nitrogens is 3. The maximum Gasteiger partial charge on any atom is 0.161 e. The molecule has 6 rings (SSSR count). The van der Waals surface area contributed by atoms with Crippen molar-refractivity contribution in [3.63, 3.8) is 0 Å². The van der Waals surface area contributed by atoms with E-state index in [0.717, 1.165) is 53.7 Å². The number of fused-ring (bicyclic) bond motifs is 5. The third-order valence-electron chi connectivity index (χ3n) is 7.15. The van der Waals surface area contributed by atoms with E-state index < -0.39 is 0 Å². The third kappa shape index (κ3) is 3.81. The van der Waals surface area contributed by atoms with Crippen molar-refractivity contribution in [2.24, 2.45) is 5.92 Å². The summed E-state index contributed by atoms with van der Waals surface area (Å²) in [7, 11) is 4.11. The molecule has 0 bridgehead atoms. The molecule has 2 aromatic heterocycles. The predicted molar refractivity (Wildman–Crippen MR) is 137 cm³/mol. The Morgan fingerprint density at radius 1 is 1.09 bits per heavy atom. The van der Waals surface area contributed by atoms with Gasteiger partial charge in [-0.15, -0.1) is 0 Å². The van der Waals surface area contributed by atoms with Crippen LogP contribution in [0.5, 0.6) is 0 Å². The number of benzene rings is 2. The lowest BCUT2D eigenvalue weighted by Gasteiger charge is -2.21. The van der Waals surface area contributed by atoms with Crippen molar-refractivity contribution in [1.29, 1.82) is 5.26 Å². The minimum absolute atomic E-state index is 0.245.